The van der Waals surface area contributed by atoms with Gasteiger partial charge in [0.05, 0.1) is 35.1 Å². The van der Waals surface area contributed by atoms with E-state index in [0.29, 0.717) is 29.6 Å². The summed E-state index contributed by atoms with van der Waals surface area (Å²) in [6.45, 7) is 5.75. The van der Waals surface area contributed by atoms with Gasteiger partial charge in [-0.05, 0) is 63.1 Å². The first-order chi connectivity index (χ1) is 14.4. The van der Waals surface area contributed by atoms with Crippen molar-refractivity contribution in [2.75, 3.05) is 13.7 Å². The van der Waals surface area contributed by atoms with Crippen LogP contribution in [0.1, 0.15) is 34.2 Å². The van der Waals surface area contributed by atoms with E-state index in [2.05, 4.69) is 15.3 Å². The van der Waals surface area contributed by atoms with E-state index in [4.69, 9.17) is 9.47 Å². The van der Waals surface area contributed by atoms with Crippen molar-refractivity contribution in [1.29, 1.82) is 0 Å². The topological polar surface area (TPSA) is 90.4 Å². The average Bonchev–Trinajstić information content (AvgIpc) is 2.74. The van der Waals surface area contributed by atoms with Gasteiger partial charge in [-0.1, -0.05) is 12.1 Å². The maximum absolute atomic E-state index is 12.4. The number of aromatic nitrogens is 2. The second-order valence-corrected chi connectivity index (χ2v) is 7.03. The third kappa shape index (κ3) is 5.11. The van der Waals surface area contributed by atoms with Gasteiger partial charge >= 0.3 is 5.97 Å². The summed E-state index contributed by atoms with van der Waals surface area (Å²) in [5.74, 6) is -0.132. The van der Waals surface area contributed by atoms with Crippen molar-refractivity contribution in [2.24, 2.45) is 0 Å². The van der Waals surface area contributed by atoms with Crippen molar-refractivity contribution < 1.29 is 19.1 Å². The molecule has 1 heterocycles. The van der Waals surface area contributed by atoms with Crippen molar-refractivity contribution in [3.8, 4) is 5.75 Å². The molecular formula is C23H25N3O4. The second kappa shape index (κ2) is 9.35. The minimum Gasteiger partial charge on any atom is -0.497 e. The number of nitrogens with one attached hydrogen (secondary N) is 1. The molecule has 2 aromatic carbocycles. The fourth-order valence-electron chi connectivity index (χ4n) is 2.91. The summed E-state index contributed by atoms with van der Waals surface area (Å²) in [7, 11) is 1.62. The van der Waals surface area contributed by atoms with Crippen LogP contribution < -0.4 is 10.1 Å². The molecule has 0 spiro atoms. The van der Waals surface area contributed by atoms with Gasteiger partial charge in [-0.25, -0.2) is 14.8 Å². The van der Waals surface area contributed by atoms with Gasteiger partial charge in [-0.2, -0.15) is 0 Å². The third-order valence-corrected chi connectivity index (χ3v) is 4.84. The van der Waals surface area contributed by atoms with Crippen LogP contribution in [0.4, 0.5) is 0 Å². The molecule has 0 radical (unpaired) electrons. The molecule has 7 nitrogen and oxygen atoms in total. The number of hydrogen-bond acceptors (Lipinski definition) is 6. The first-order valence-corrected chi connectivity index (χ1v) is 9.74. The smallest absolute Gasteiger partial charge is 0.338 e. The Hall–Kier alpha value is -3.48. The van der Waals surface area contributed by atoms with Crippen LogP contribution in [0, 0.1) is 13.8 Å². The molecule has 0 saturated carbocycles. The SMILES string of the molecule is COc1ccc(CCNC(=O)C(C)OC(=O)c2ccc3nc(C)c(C)nc3c2)cc1. The molecular weight excluding hydrogens is 382 g/mol. The minimum atomic E-state index is -0.907. The van der Waals surface area contributed by atoms with Gasteiger partial charge in [0.1, 0.15) is 5.75 Å². The highest BCUT2D eigenvalue weighted by atomic mass is 16.5. The summed E-state index contributed by atoms with van der Waals surface area (Å²) in [5, 5.41) is 2.79. The minimum absolute atomic E-state index is 0.331. The largest absolute Gasteiger partial charge is 0.497 e. The highest BCUT2D eigenvalue weighted by Crippen LogP contribution is 2.16. The number of fused-ring (bicyclic) bond motifs is 1. The predicted molar refractivity (Wildman–Crippen MR) is 114 cm³/mol. The Kier molecular flexibility index (Phi) is 6.61. The summed E-state index contributed by atoms with van der Waals surface area (Å²) >= 11 is 0. The average molecular weight is 407 g/mol. The number of aryl methyl sites for hydroxylation is 2. The van der Waals surface area contributed by atoms with Crippen molar-refractivity contribution >= 4 is 22.9 Å². The quantitative estimate of drug-likeness (QED) is 0.605. The maximum atomic E-state index is 12.4. The van der Waals surface area contributed by atoms with E-state index in [0.717, 1.165) is 22.7 Å². The number of esters is 1. The number of benzene rings is 2. The normalized spacial score (nSPS) is 11.7. The van der Waals surface area contributed by atoms with Gasteiger partial charge in [0, 0.05) is 6.54 Å². The van der Waals surface area contributed by atoms with E-state index in [1.54, 1.807) is 32.2 Å². The van der Waals surface area contributed by atoms with Crippen molar-refractivity contribution in [1.82, 2.24) is 15.3 Å². The van der Waals surface area contributed by atoms with Gasteiger partial charge in [0.2, 0.25) is 0 Å². The zero-order chi connectivity index (χ0) is 21.7. The summed E-state index contributed by atoms with van der Waals surface area (Å²) in [4.78, 5) is 33.6. The summed E-state index contributed by atoms with van der Waals surface area (Å²) in [6, 6.07) is 12.6. The molecule has 3 aromatic rings. The second-order valence-electron chi connectivity index (χ2n) is 7.03. The zero-order valence-electron chi connectivity index (χ0n) is 17.6. The van der Waals surface area contributed by atoms with Crippen LogP contribution in [-0.4, -0.2) is 41.6 Å². The predicted octanol–water partition coefficient (Wildman–Crippen LogP) is 3.16. The Balaban J connectivity index is 1.54. The highest BCUT2D eigenvalue weighted by molar-refractivity contribution is 5.95. The molecule has 7 heteroatoms. The van der Waals surface area contributed by atoms with E-state index in [-0.39, 0.29) is 5.91 Å². The molecule has 0 aliphatic rings. The fourth-order valence-corrected chi connectivity index (χ4v) is 2.91. The van der Waals surface area contributed by atoms with Crippen LogP contribution in [0.2, 0.25) is 0 Å². The monoisotopic (exact) mass is 407 g/mol. The molecule has 1 aromatic heterocycles. The molecule has 1 unspecified atom stereocenters. The summed E-state index contributed by atoms with van der Waals surface area (Å²) in [5.41, 5.74) is 4.37. The van der Waals surface area contributed by atoms with Crippen molar-refractivity contribution in [2.45, 2.75) is 33.3 Å². The van der Waals surface area contributed by atoms with Crippen LogP contribution in [0.25, 0.3) is 11.0 Å². The Labute approximate surface area is 175 Å². The number of amides is 1. The molecule has 156 valence electrons. The first-order valence-electron chi connectivity index (χ1n) is 9.74. The standard InChI is InChI=1S/C23H25N3O4/c1-14-15(2)26-21-13-18(7-10-20(21)25-14)23(28)30-16(3)22(27)24-12-11-17-5-8-19(29-4)9-6-17/h5-10,13,16H,11-12H2,1-4H3,(H,24,27). The van der Waals surface area contributed by atoms with Gasteiger partial charge in [-0.15, -0.1) is 0 Å². The van der Waals surface area contributed by atoms with E-state index in [1.807, 2.05) is 38.1 Å². The highest BCUT2D eigenvalue weighted by Gasteiger charge is 2.19. The van der Waals surface area contributed by atoms with Gasteiger partial charge in [0.25, 0.3) is 5.91 Å². The lowest BCUT2D eigenvalue weighted by atomic mass is 10.1. The molecule has 0 saturated heterocycles. The van der Waals surface area contributed by atoms with Crippen LogP contribution in [0.5, 0.6) is 5.75 Å². The molecule has 30 heavy (non-hydrogen) atoms. The van der Waals surface area contributed by atoms with E-state index < -0.39 is 12.1 Å². The van der Waals surface area contributed by atoms with E-state index in [9.17, 15) is 9.59 Å². The maximum Gasteiger partial charge on any atom is 0.338 e. The Morgan fingerprint density at radius 3 is 2.33 bits per heavy atom. The molecule has 0 aliphatic carbocycles. The summed E-state index contributed by atoms with van der Waals surface area (Å²) in [6.07, 6.45) is -0.242. The van der Waals surface area contributed by atoms with Crippen LogP contribution in [-0.2, 0) is 16.0 Å². The number of rotatable bonds is 7. The lowest BCUT2D eigenvalue weighted by molar-refractivity contribution is -0.129. The van der Waals surface area contributed by atoms with Gasteiger partial charge in [0.15, 0.2) is 6.10 Å². The number of hydrogen-bond donors (Lipinski definition) is 1. The number of nitrogens with zero attached hydrogens (tertiary/aromatic N) is 2. The summed E-state index contributed by atoms with van der Waals surface area (Å²) < 4.78 is 10.4. The Morgan fingerprint density at radius 1 is 1.00 bits per heavy atom. The van der Waals surface area contributed by atoms with Gasteiger partial charge in [-0.3, -0.25) is 4.79 Å². The fraction of sp³-hybridized carbons (Fsp3) is 0.304. The molecule has 1 atom stereocenters. The van der Waals surface area contributed by atoms with Crippen LogP contribution in [0.15, 0.2) is 42.5 Å². The van der Waals surface area contributed by atoms with Crippen molar-refractivity contribution in [3.05, 3.63) is 65.0 Å². The lowest BCUT2D eigenvalue weighted by Crippen LogP contribution is -2.36. The third-order valence-electron chi connectivity index (χ3n) is 4.84. The zero-order valence-corrected chi connectivity index (χ0v) is 17.6. The van der Waals surface area contributed by atoms with Crippen molar-refractivity contribution in [3.63, 3.8) is 0 Å². The van der Waals surface area contributed by atoms with E-state index in [1.165, 1.54) is 0 Å². The molecule has 0 fully saturated rings. The molecule has 1 amide bonds. The number of methoxy groups -OCH3 is 1. The lowest BCUT2D eigenvalue weighted by Gasteiger charge is -2.14. The van der Waals surface area contributed by atoms with Crippen LogP contribution in [0.3, 0.4) is 0 Å². The number of ether oxygens (including phenoxy) is 2. The molecule has 3 rings (SSSR count). The molecule has 0 aliphatic heterocycles. The molecule has 0 bridgehead atoms. The first kappa shape index (κ1) is 21.2. The number of carbonyl (C=O) groups excluding carboxylic acids is 2. The molecule has 1 N–H and O–H groups in total. The Morgan fingerprint density at radius 2 is 1.67 bits per heavy atom. The van der Waals surface area contributed by atoms with E-state index >= 15 is 0 Å². The number of carbonyl (C=O) groups is 2. The Bertz CT molecular complexity index is 1060. The van der Waals surface area contributed by atoms with Crippen LogP contribution >= 0.6 is 0 Å². The van der Waals surface area contributed by atoms with Gasteiger partial charge < -0.3 is 14.8 Å².